The Hall–Kier alpha value is -3.61. The van der Waals surface area contributed by atoms with Gasteiger partial charge in [0.05, 0.1) is 22.9 Å². The van der Waals surface area contributed by atoms with Crippen LogP contribution < -0.4 is 4.90 Å². The lowest BCUT2D eigenvalue weighted by Gasteiger charge is -2.29. The van der Waals surface area contributed by atoms with Crippen LogP contribution in [0.2, 0.25) is 0 Å². The minimum Gasteiger partial charge on any atom is -0.508 e. The maximum Gasteiger partial charge on any atom is 0.417 e. The highest BCUT2D eigenvalue weighted by molar-refractivity contribution is 6.23. The number of likely N-dealkylation sites (N-methyl/N-ethyl adjacent to an activating group) is 1. The average Bonchev–Trinajstić information content (AvgIpc) is 2.81. The number of rotatable bonds is 2. The Bertz CT molecular complexity index is 1080. The number of nitrogens with zero attached hydrogens (tertiary/aromatic N) is 3. The summed E-state index contributed by atoms with van der Waals surface area (Å²) in [5.41, 5.74) is -4.46. The van der Waals surface area contributed by atoms with Crippen LogP contribution in [0.25, 0.3) is 0 Å². The fourth-order valence-corrected chi connectivity index (χ4v) is 3.22. The number of phenolic OH excluding ortho intramolecular Hbond substituents is 1. The molecule has 1 atom stereocenters. The van der Waals surface area contributed by atoms with Crippen LogP contribution in [0.5, 0.6) is 5.75 Å². The molecule has 0 radical (unpaired) electrons. The molecule has 2 aromatic rings. The number of hydrogen-bond donors (Lipinski definition) is 1. The van der Waals surface area contributed by atoms with Crippen LogP contribution in [0.1, 0.15) is 23.6 Å². The van der Waals surface area contributed by atoms with E-state index in [0.717, 1.165) is 35.2 Å². The van der Waals surface area contributed by atoms with Crippen LogP contribution in [0.4, 0.5) is 28.0 Å². The first kappa shape index (κ1) is 20.1. The van der Waals surface area contributed by atoms with E-state index < -0.39 is 52.0 Å². The molecule has 6 nitrogen and oxygen atoms in total. The third-order valence-corrected chi connectivity index (χ3v) is 4.93. The van der Waals surface area contributed by atoms with E-state index >= 15 is 0 Å². The van der Waals surface area contributed by atoms with Crippen molar-refractivity contribution >= 4 is 17.6 Å². The van der Waals surface area contributed by atoms with Gasteiger partial charge in [0.25, 0.3) is 5.91 Å². The number of nitriles is 1. The van der Waals surface area contributed by atoms with Crippen molar-refractivity contribution in [3.63, 3.8) is 0 Å². The van der Waals surface area contributed by atoms with Crippen LogP contribution in [0.15, 0.2) is 36.4 Å². The molecule has 1 aliphatic rings. The molecule has 3 rings (SSSR count). The normalized spacial score (nSPS) is 19.6. The lowest BCUT2D eigenvalue weighted by Crippen LogP contribution is -2.42. The summed E-state index contributed by atoms with van der Waals surface area (Å²) in [5.74, 6) is -2.33. The standard InChI is InChI=1S/C19H13F4N3O3/c1-18(13-6-5-12(27)8-15(13)20)16(28)26(17(29)25(18)2)11-4-3-10(9-24)14(7-11)19(21,22)23/h3-8,27H,1-2H3. The fraction of sp³-hybridized carbons (Fsp3) is 0.211. The van der Waals surface area contributed by atoms with Crippen molar-refractivity contribution in [3.8, 4) is 11.8 Å². The molecule has 1 unspecified atom stereocenters. The number of phenols is 1. The minimum atomic E-state index is -4.88. The smallest absolute Gasteiger partial charge is 0.417 e. The molecule has 0 aliphatic carbocycles. The second-order valence-corrected chi connectivity index (χ2v) is 6.56. The molecule has 0 bridgehead atoms. The monoisotopic (exact) mass is 407 g/mol. The predicted octanol–water partition coefficient (Wildman–Crippen LogP) is 3.74. The van der Waals surface area contributed by atoms with Gasteiger partial charge in [0, 0.05) is 18.7 Å². The summed E-state index contributed by atoms with van der Waals surface area (Å²) in [6.07, 6.45) is -4.88. The quantitative estimate of drug-likeness (QED) is 0.607. The number of imide groups is 1. The van der Waals surface area contributed by atoms with Gasteiger partial charge in [-0.15, -0.1) is 0 Å². The van der Waals surface area contributed by atoms with Gasteiger partial charge in [-0.25, -0.2) is 14.1 Å². The predicted molar refractivity (Wildman–Crippen MR) is 92.2 cm³/mol. The number of anilines is 1. The lowest BCUT2D eigenvalue weighted by molar-refractivity contribution is -0.137. The fourth-order valence-electron chi connectivity index (χ4n) is 3.22. The summed E-state index contributed by atoms with van der Waals surface area (Å²) in [4.78, 5) is 27.2. The maximum absolute atomic E-state index is 14.4. The highest BCUT2D eigenvalue weighted by atomic mass is 19.4. The van der Waals surface area contributed by atoms with E-state index in [1.165, 1.54) is 20.0 Å². The molecular formula is C19H13F4N3O3. The van der Waals surface area contributed by atoms with Crippen molar-refractivity contribution in [2.45, 2.75) is 18.6 Å². The van der Waals surface area contributed by atoms with E-state index in [-0.39, 0.29) is 5.56 Å². The number of benzene rings is 2. The van der Waals surface area contributed by atoms with Crippen LogP contribution in [-0.2, 0) is 16.5 Å². The highest BCUT2D eigenvalue weighted by Gasteiger charge is 2.55. The molecule has 0 saturated carbocycles. The molecule has 1 aliphatic heterocycles. The molecule has 1 N–H and O–H groups in total. The van der Waals surface area contributed by atoms with E-state index in [4.69, 9.17) is 5.26 Å². The van der Waals surface area contributed by atoms with Crippen molar-refractivity contribution in [1.29, 1.82) is 5.26 Å². The van der Waals surface area contributed by atoms with Gasteiger partial charge in [-0.3, -0.25) is 4.79 Å². The van der Waals surface area contributed by atoms with Gasteiger partial charge in [-0.05, 0) is 37.3 Å². The zero-order valence-electron chi connectivity index (χ0n) is 15.1. The van der Waals surface area contributed by atoms with Crippen molar-refractivity contribution in [1.82, 2.24) is 4.90 Å². The molecule has 1 fully saturated rings. The second-order valence-electron chi connectivity index (χ2n) is 6.56. The van der Waals surface area contributed by atoms with E-state index in [1.807, 2.05) is 0 Å². The third-order valence-electron chi connectivity index (χ3n) is 4.93. The van der Waals surface area contributed by atoms with Crippen LogP contribution in [0, 0.1) is 17.1 Å². The molecule has 1 saturated heterocycles. The SMILES string of the molecule is CN1C(=O)N(c2ccc(C#N)c(C(F)(F)F)c2)C(=O)C1(C)c1ccc(O)cc1F. The molecule has 1 heterocycles. The molecule has 10 heteroatoms. The van der Waals surface area contributed by atoms with E-state index in [1.54, 1.807) is 0 Å². The third kappa shape index (κ3) is 2.95. The Morgan fingerprint density at radius 2 is 1.79 bits per heavy atom. The number of alkyl halides is 3. The molecule has 0 aromatic heterocycles. The summed E-state index contributed by atoms with van der Waals surface area (Å²) in [5, 5.41) is 18.3. The molecule has 2 aromatic carbocycles. The largest absolute Gasteiger partial charge is 0.508 e. The summed E-state index contributed by atoms with van der Waals surface area (Å²) in [7, 11) is 1.21. The highest BCUT2D eigenvalue weighted by Crippen LogP contribution is 2.41. The summed E-state index contributed by atoms with van der Waals surface area (Å²) < 4.78 is 54.2. The molecule has 3 amide bonds. The number of carbonyl (C=O) groups is 2. The first-order valence-corrected chi connectivity index (χ1v) is 8.15. The zero-order valence-corrected chi connectivity index (χ0v) is 15.1. The minimum absolute atomic E-state index is 0.233. The van der Waals surface area contributed by atoms with Crippen LogP contribution in [-0.4, -0.2) is 29.0 Å². The number of urea groups is 1. The van der Waals surface area contributed by atoms with Crippen LogP contribution in [0.3, 0.4) is 0 Å². The van der Waals surface area contributed by atoms with E-state index in [9.17, 15) is 32.3 Å². The summed E-state index contributed by atoms with van der Waals surface area (Å²) in [6, 6.07) is 5.88. The van der Waals surface area contributed by atoms with Crippen LogP contribution >= 0.6 is 0 Å². The molecule has 0 spiro atoms. The zero-order chi connectivity index (χ0) is 21.7. The van der Waals surface area contributed by atoms with Crippen molar-refractivity contribution in [3.05, 3.63) is 58.9 Å². The molecule has 150 valence electrons. The average molecular weight is 407 g/mol. The second kappa shape index (κ2) is 6.48. The number of halogens is 4. The Kier molecular flexibility index (Phi) is 4.50. The first-order valence-electron chi connectivity index (χ1n) is 8.15. The number of amides is 3. The summed E-state index contributed by atoms with van der Waals surface area (Å²) >= 11 is 0. The molecular weight excluding hydrogens is 394 g/mol. The Morgan fingerprint density at radius 3 is 2.34 bits per heavy atom. The van der Waals surface area contributed by atoms with Gasteiger partial charge in [0.15, 0.2) is 0 Å². The lowest BCUT2D eigenvalue weighted by atomic mass is 9.90. The Morgan fingerprint density at radius 1 is 1.14 bits per heavy atom. The van der Waals surface area contributed by atoms with E-state index in [0.29, 0.717) is 11.0 Å². The van der Waals surface area contributed by atoms with E-state index in [2.05, 4.69) is 0 Å². The van der Waals surface area contributed by atoms with Gasteiger partial charge in [0.2, 0.25) is 0 Å². The Balaban J connectivity index is 2.15. The van der Waals surface area contributed by atoms with Crippen molar-refractivity contribution < 1.29 is 32.3 Å². The van der Waals surface area contributed by atoms with Gasteiger partial charge in [-0.1, -0.05) is 0 Å². The van der Waals surface area contributed by atoms with Gasteiger partial charge in [-0.2, -0.15) is 18.4 Å². The number of carbonyl (C=O) groups excluding carboxylic acids is 2. The van der Waals surface area contributed by atoms with Gasteiger partial charge in [0.1, 0.15) is 17.1 Å². The number of aromatic hydroxyl groups is 1. The Labute approximate surface area is 162 Å². The first-order chi connectivity index (χ1) is 13.4. The maximum atomic E-state index is 14.4. The van der Waals surface area contributed by atoms with Crippen molar-refractivity contribution in [2.75, 3.05) is 11.9 Å². The summed E-state index contributed by atoms with van der Waals surface area (Å²) in [6.45, 7) is 1.25. The van der Waals surface area contributed by atoms with Gasteiger partial charge < -0.3 is 10.0 Å². The van der Waals surface area contributed by atoms with Gasteiger partial charge >= 0.3 is 12.2 Å². The van der Waals surface area contributed by atoms with Crippen molar-refractivity contribution in [2.24, 2.45) is 0 Å². The molecule has 29 heavy (non-hydrogen) atoms. The topological polar surface area (TPSA) is 84.6 Å². The number of hydrogen-bond acceptors (Lipinski definition) is 4.